The van der Waals surface area contributed by atoms with Crippen molar-refractivity contribution in [3.05, 3.63) is 71.3 Å². The first kappa shape index (κ1) is 17.7. The number of nitrogens with one attached hydrogen (secondary N) is 1. The van der Waals surface area contributed by atoms with Crippen LogP contribution in [0, 0.1) is 12.7 Å². The lowest BCUT2D eigenvalue weighted by Crippen LogP contribution is -2.25. The van der Waals surface area contributed by atoms with Gasteiger partial charge in [0.2, 0.25) is 0 Å². The van der Waals surface area contributed by atoms with E-state index in [0.717, 1.165) is 35.1 Å². The second-order valence-electron chi connectivity index (χ2n) is 6.57. The summed E-state index contributed by atoms with van der Waals surface area (Å²) in [4.78, 5) is 12.0. The molecule has 1 amide bonds. The van der Waals surface area contributed by atoms with E-state index in [1.165, 1.54) is 12.1 Å². The lowest BCUT2D eigenvalue weighted by Gasteiger charge is -2.09. The number of nitrogens with zero attached hydrogens (tertiary/aromatic N) is 3. The number of aromatic nitrogens is 3. The van der Waals surface area contributed by atoms with E-state index < -0.39 is 0 Å². The maximum Gasteiger partial charge on any atom is 0.251 e. The van der Waals surface area contributed by atoms with Crippen molar-refractivity contribution in [1.82, 2.24) is 20.1 Å². The molecule has 0 saturated heterocycles. The van der Waals surface area contributed by atoms with Crippen molar-refractivity contribution in [1.29, 1.82) is 0 Å². The molecule has 1 aromatic heterocycles. The van der Waals surface area contributed by atoms with Crippen molar-refractivity contribution < 1.29 is 9.18 Å². The van der Waals surface area contributed by atoms with Gasteiger partial charge in [-0.3, -0.25) is 9.36 Å². The number of carbonyl (C=O) groups is 1. The molecule has 3 aromatic rings. The number of amides is 1. The Morgan fingerprint density at radius 2 is 1.85 bits per heavy atom. The van der Waals surface area contributed by atoms with Gasteiger partial charge in [-0.15, -0.1) is 10.2 Å². The quantitative estimate of drug-likeness (QED) is 0.657. The van der Waals surface area contributed by atoms with E-state index in [9.17, 15) is 9.18 Å². The van der Waals surface area contributed by atoms with Crippen LogP contribution < -0.4 is 5.32 Å². The average molecular weight is 382 g/mol. The van der Waals surface area contributed by atoms with Gasteiger partial charge in [0.1, 0.15) is 11.6 Å². The topological polar surface area (TPSA) is 59.8 Å². The largest absolute Gasteiger partial charge is 0.349 e. The third-order valence-electron chi connectivity index (χ3n) is 4.38. The summed E-state index contributed by atoms with van der Waals surface area (Å²) in [6, 6.07) is 14.2. The number of benzene rings is 2. The second kappa shape index (κ2) is 7.52. The Bertz CT molecular complexity index is 949. The summed E-state index contributed by atoms with van der Waals surface area (Å²) in [5, 5.41) is 12.1. The van der Waals surface area contributed by atoms with Crippen molar-refractivity contribution in [2.45, 2.75) is 36.7 Å². The smallest absolute Gasteiger partial charge is 0.251 e. The molecule has 5 nitrogen and oxygen atoms in total. The molecule has 2 aromatic carbocycles. The third-order valence-corrected chi connectivity index (χ3v) is 5.38. The van der Waals surface area contributed by atoms with Crippen LogP contribution in [0.1, 0.15) is 34.6 Å². The van der Waals surface area contributed by atoms with Gasteiger partial charge in [0.25, 0.3) is 5.91 Å². The summed E-state index contributed by atoms with van der Waals surface area (Å²) in [5.74, 6) is 1.16. The van der Waals surface area contributed by atoms with Crippen molar-refractivity contribution in [2.75, 3.05) is 0 Å². The number of aryl methyl sites for hydroxylation is 1. The van der Waals surface area contributed by atoms with Crippen molar-refractivity contribution in [2.24, 2.45) is 0 Å². The SMILES string of the molecule is Cc1nnc(SCc2ccc(C(=O)NC3CC3)cc2)n1-c1ccc(F)cc1. The predicted octanol–water partition coefficient (Wildman–Crippen LogP) is 3.90. The Balaban J connectivity index is 1.44. The van der Waals surface area contributed by atoms with Gasteiger partial charge in [0.05, 0.1) is 0 Å². The fourth-order valence-corrected chi connectivity index (χ4v) is 3.67. The normalized spacial score (nSPS) is 13.6. The van der Waals surface area contributed by atoms with Crippen LogP contribution in [0.25, 0.3) is 5.69 Å². The molecular formula is C20H19FN4OS. The molecule has 1 saturated carbocycles. The fourth-order valence-electron chi connectivity index (χ4n) is 2.72. The molecule has 4 rings (SSSR count). The van der Waals surface area contributed by atoms with E-state index in [2.05, 4.69) is 15.5 Å². The first-order chi connectivity index (χ1) is 13.1. The minimum atomic E-state index is -0.274. The fraction of sp³-hybridized carbons (Fsp3) is 0.250. The first-order valence-electron chi connectivity index (χ1n) is 8.81. The zero-order chi connectivity index (χ0) is 18.8. The maximum atomic E-state index is 13.2. The molecule has 0 spiro atoms. The van der Waals surface area contributed by atoms with Crippen LogP contribution in [0.4, 0.5) is 4.39 Å². The molecule has 0 atom stereocenters. The third kappa shape index (κ3) is 4.19. The predicted molar refractivity (Wildman–Crippen MR) is 103 cm³/mol. The number of hydrogen-bond acceptors (Lipinski definition) is 4. The van der Waals surface area contributed by atoms with E-state index in [1.807, 2.05) is 35.8 Å². The minimum Gasteiger partial charge on any atom is -0.349 e. The van der Waals surface area contributed by atoms with Crippen LogP contribution in [0.15, 0.2) is 53.7 Å². The molecule has 1 fully saturated rings. The van der Waals surface area contributed by atoms with E-state index >= 15 is 0 Å². The molecule has 1 aliphatic carbocycles. The van der Waals surface area contributed by atoms with E-state index in [-0.39, 0.29) is 11.7 Å². The zero-order valence-electron chi connectivity index (χ0n) is 14.9. The van der Waals surface area contributed by atoms with Gasteiger partial charge in [-0.05, 0) is 61.7 Å². The van der Waals surface area contributed by atoms with Gasteiger partial charge in [-0.25, -0.2) is 4.39 Å². The highest BCUT2D eigenvalue weighted by atomic mass is 32.2. The van der Waals surface area contributed by atoms with Crippen LogP contribution in [0.5, 0.6) is 0 Å². The van der Waals surface area contributed by atoms with Crippen LogP contribution >= 0.6 is 11.8 Å². The Hall–Kier alpha value is -2.67. The highest BCUT2D eigenvalue weighted by Gasteiger charge is 2.23. The minimum absolute atomic E-state index is 0.0108. The summed E-state index contributed by atoms with van der Waals surface area (Å²) in [7, 11) is 0. The van der Waals surface area contributed by atoms with Crippen LogP contribution in [-0.4, -0.2) is 26.7 Å². The molecule has 138 valence electrons. The maximum absolute atomic E-state index is 13.2. The Labute approximate surface area is 161 Å². The highest BCUT2D eigenvalue weighted by Crippen LogP contribution is 2.25. The lowest BCUT2D eigenvalue weighted by atomic mass is 10.1. The standard InChI is InChI=1S/C20H19FN4OS/c1-13-23-24-20(25(13)18-10-6-16(21)7-11-18)27-12-14-2-4-15(5-3-14)19(26)22-17-8-9-17/h2-7,10-11,17H,8-9,12H2,1H3,(H,22,26). The van der Waals surface area contributed by atoms with Crippen molar-refractivity contribution in [3.8, 4) is 5.69 Å². The number of thioether (sulfide) groups is 1. The molecular weight excluding hydrogens is 363 g/mol. The van der Waals surface area contributed by atoms with Crippen LogP contribution in [-0.2, 0) is 5.75 Å². The molecule has 0 unspecified atom stereocenters. The Morgan fingerprint density at radius 1 is 1.15 bits per heavy atom. The van der Waals surface area contributed by atoms with Crippen LogP contribution in [0.3, 0.4) is 0 Å². The number of carbonyl (C=O) groups excluding carboxylic acids is 1. The number of rotatable bonds is 6. The second-order valence-corrected chi connectivity index (χ2v) is 7.52. The van der Waals surface area contributed by atoms with Crippen molar-refractivity contribution in [3.63, 3.8) is 0 Å². The molecule has 27 heavy (non-hydrogen) atoms. The molecule has 1 aliphatic rings. The van der Waals surface area contributed by atoms with Crippen LogP contribution in [0.2, 0.25) is 0 Å². The molecule has 1 N–H and O–H groups in total. The molecule has 0 aliphatic heterocycles. The molecule has 0 radical (unpaired) electrons. The summed E-state index contributed by atoms with van der Waals surface area (Å²) >= 11 is 1.55. The lowest BCUT2D eigenvalue weighted by molar-refractivity contribution is 0.0951. The number of hydrogen-bond donors (Lipinski definition) is 1. The number of halogens is 1. The highest BCUT2D eigenvalue weighted by molar-refractivity contribution is 7.98. The molecule has 7 heteroatoms. The Morgan fingerprint density at radius 3 is 2.52 bits per heavy atom. The summed E-state index contributed by atoms with van der Waals surface area (Å²) < 4.78 is 15.1. The summed E-state index contributed by atoms with van der Waals surface area (Å²) in [5.41, 5.74) is 2.60. The van der Waals surface area contributed by atoms with E-state index in [0.29, 0.717) is 17.4 Å². The van der Waals surface area contributed by atoms with Gasteiger partial charge < -0.3 is 5.32 Å². The molecule has 0 bridgehead atoms. The van der Waals surface area contributed by atoms with E-state index in [4.69, 9.17) is 0 Å². The summed E-state index contributed by atoms with van der Waals surface area (Å²) in [6.07, 6.45) is 2.16. The first-order valence-corrected chi connectivity index (χ1v) is 9.79. The van der Waals surface area contributed by atoms with Gasteiger partial charge >= 0.3 is 0 Å². The summed E-state index contributed by atoms with van der Waals surface area (Å²) in [6.45, 7) is 1.87. The Kier molecular flexibility index (Phi) is 4.94. The monoisotopic (exact) mass is 382 g/mol. The average Bonchev–Trinajstić information content (AvgIpc) is 3.42. The van der Waals surface area contributed by atoms with Crippen molar-refractivity contribution >= 4 is 17.7 Å². The molecule has 1 heterocycles. The van der Waals surface area contributed by atoms with Gasteiger partial charge in [-0.1, -0.05) is 23.9 Å². The van der Waals surface area contributed by atoms with Gasteiger partial charge in [0, 0.05) is 23.0 Å². The van der Waals surface area contributed by atoms with E-state index in [1.54, 1.807) is 23.9 Å². The van der Waals surface area contributed by atoms with Gasteiger partial charge in [-0.2, -0.15) is 0 Å². The zero-order valence-corrected chi connectivity index (χ0v) is 15.7. The van der Waals surface area contributed by atoms with Gasteiger partial charge in [0.15, 0.2) is 5.16 Å².